The minimum absolute atomic E-state index is 0.258. The Bertz CT molecular complexity index is 993. The van der Waals surface area contributed by atoms with Crippen molar-refractivity contribution in [1.29, 1.82) is 0 Å². The lowest BCUT2D eigenvalue weighted by atomic mass is 10.1. The molecule has 0 bridgehead atoms. The summed E-state index contributed by atoms with van der Waals surface area (Å²) in [7, 11) is 0. The molecule has 0 saturated carbocycles. The van der Waals surface area contributed by atoms with E-state index in [1.54, 1.807) is 16.2 Å². The first-order valence-electron chi connectivity index (χ1n) is 11.2. The number of rotatable bonds is 3. The standard InChI is InChI=1S/C25H26N2O2S.C2H6/c1-25(2,3)29-24(28)27-16-14-20(15-17-27)23-26-21(18-10-6-4-7-11-18)22(30-23)19-12-8-5-9-13-19;1-2/h4-14H,15-17H2,1-3H3;1-2H3. The second kappa shape index (κ2) is 10.6. The number of hydrogen-bond donors (Lipinski definition) is 0. The van der Waals surface area contributed by atoms with Crippen LogP contribution < -0.4 is 0 Å². The zero-order chi connectivity index (χ0) is 23.1. The van der Waals surface area contributed by atoms with Crippen molar-refractivity contribution in [3.63, 3.8) is 0 Å². The molecule has 2 heterocycles. The summed E-state index contributed by atoms with van der Waals surface area (Å²) in [5.74, 6) is 0. The van der Waals surface area contributed by atoms with Gasteiger partial charge >= 0.3 is 6.09 Å². The van der Waals surface area contributed by atoms with E-state index < -0.39 is 5.60 Å². The highest BCUT2D eigenvalue weighted by Crippen LogP contribution is 2.40. The Morgan fingerprint density at radius 2 is 1.56 bits per heavy atom. The number of carbonyl (C=O) groups excluding carboxylic acids is 1. The highest BCUT2D eigenvalue weighted by molar-refractivity contribution is 7.16. The third kappa shape index (κ3) is 5.86. The lowest BCUT2D eigenvalue weighted by Gasteiger charge is -2.29. The third-order valence-electron chi connectivity index (χ3n) is 4.85. The molecule has 0 spiro atoms. The van der Waals surface area contributed by atoms with Crippen molar-refractivity contribution in [3.05, 3.63) is 71.7 Å². The molecule has 1 aliphatic rings. The molecule has 1 aromatic heterocycles. The van der Waals surface area contributed by atoms with Crippen molar-refractivity contribution in [2.24, 2.45) is 0 Å². The van der Waals surface area contributed by atoms with E-state index in [9.17, 15) is 4.79 Å². The lowest BCUT2D eigenvalue weighted by molar-refractivity contribution is 0.0270. The first kappa shape index (κ1) is 23.7. The van der Waals surface area contributed by atoms with Gasteiger partial charge in [-0.1, -0.05) is 80.6 Å². The number of benzene rings is 2. The maximum absolute atomic E-state index is 12.3. The van der Waals surface area contributed by atoms with Gasteiger partial charge in [0, 0.05) is 18.7 Å². The average molecular weight is 449 g/mol. The number of carbonyl (C=O) groups is 1. The van der Waals surface area contributed by atoms with Gasteiger partial charge in [-0.3, -0.25) is 0 Å². The van der Waals surface area contributed by atoms with Crippen molar-refractivity contribution in [3.8, 4) is 21.7 Å². The van der Waals surface area contributed by atoms with Gasteiger partial charge in [0.2, 0.25) is 0 Å². The third-order valence-corrected chi connectivity index (χ3v) is 6.03. The summed E-state index contributed by atoms with van der Waals surface area (Å²) in [5, 5.41) is 1.02. The molecule has 32 heavy (non-hydrogen) atoms. The van der Waals surface area contributed by atoms with E-state index in [4.69, 9.17) is 9.72 Å². The van der Waals surface area contributed by atoms with Gasteiger partial charge in [0.1, 0.15) is 10.6 Å². The number of aromatic nitrogens is 1. The second-order valence-electron chi connectivity index (χ2n) is 8.33. The van der Waals surface area contributed by atoms with Crippen LogP contribution in [0, 0.1) is 0 Å². The molecular formula is C27H32N2O2S. The van der Waals surface area contributed by atoms with Crippen LogP contribution in [0.5, 0.6) is 0 Å². The van der Waals surface area contributed by atoms with Crippen LogP contribution >= 0.6 is 11.3 Å². The normalized spacial score (nSPS) is 13.7. The van der Waals surface area contributed by atoms with E-state index in [0.717, 1.165) is 22.7 Å². The van der Waals surface area contributed by atoms with Crippen LogP contribution in [0.4, 0.5) is 4.79 Å². The Morgan fingerprint density at radius 1 is 0.969 bits per heavy atom. The number of nitrogens with zero attached hydrogens (tertiary/aromatic N) is 2. The molecule has 0 unspecified atom stereocenters. The monoisotopic (exact) mass is 448 g/mol. The Hall–Kier alpha value is -2.92. The highest BCUT2D eigenvalue weighted by Gasteiger charge is 2.25. The fraction of sp³-hybridized carbons (Fsp3) is 0.333. The average Bonchev–Trinajstić information content (AvgIpc) is 3.26. The van der Waals surface area contributed by atoms with Crippen molar-refractivity contribution in [2.75, 3.05) is 13.1 Å². The smallest absolute Gasteiger partial charge is 0.410 e. The number of ether oxygens (including phenoxy) is 1. The van der Waals surface area contributed by atoms with Crippen LogP contribution in [0.3, 0.4) is 0 Å². The highest BCUT2D eigenvalue weighted by atomic mass is 32.1. The quantitative estimate of drug-likeness (QED) is 0.416. The number of amides is 1. The van der Waals surface area contributed by atoms with Gasteiger partial charge in [-0.05, 0) is 38.3 Å². The number of thiazole rings is 1. The maximum Gasteiger partial charge on any atom is 0.410 e. The van der Waals surface area contributed by atoms with E-state index >= 15 is 0 Å². The molecular weight excluding hydrogens is 416 g/mol. The molecule has 1 amide bonds. The van der Waals surface area contributed by atoms with E-state index in [1.807, 2.05) is 58.9 Å². The minimum Gasteiger partial charge on any atom is -0.444 e. The topological polar surface area (TPSA) is 42.4 Å². The van der Waals surface area contributed by atoms with Gasteiger partial charge in [0.25, 0.3) is 0 Å². The van der Waals surface area contributed by atoms with E-state index in [-0.39, 0.29) is 6.09 Å². The molecule has 0 atom stereocenters. The molecule has 0 N–H and O–H groups in total. The van der Waals surface area contributed by atoms with Gasteiger partial charge in [-0.15, -0.1) is 11.3 Å². The van der Waals surface area contributed by atoms with Crippen molar-refractivity contribution < 1.29 is 9.53 Å². The summed E-state index contributed by atoms with van der Waals surface area (Å²) in [6, 6.07) is 20.7. The molecule has 3 aromatic rings. The van der Waals surface area contributed by atoms with Crippen LogP contribution in [-0.4, -0.2) is 34.7 Å². The maximum atomic E-state index is 12.3. The van der Waals surface area contributed by atoms with Crippen LogP contribution in [0.1, 0.15) is 46.0 Å². The second-order valence-corrected chi connectivity index (χ2v) is 9.33. The molecule has 4 nitrogen and oxygen atoms in total. The van der Waals surface area contributed by atoms with Crippen LogP contribution in [0.25, 0.3) is 27.3 Å². The molecule has 0 radical (unpaired) electrons. The van der Waals surface area contributed by atoms with E-state index in [1.165, 1.54) is 16.0 Å². The Kier molecular flexibility index (Phi) is 7.86. The predicted octanol–water partition coefficient (Wildman–Crippen LogP) is 7.53. The number of hydrogen-bond acceptors (Lipinski definition) is 4. The van der Waals surface area contributed by atoms with E-state index in [0.29, 0.717) is 13.1 Å². The van der Waals surface area contributed by atoms with Crippen LogP contribution in [0.2, 0.25) is 0 Å². The Balaban J connectivity index is 0.00000141. The summed E-state index contributed by atoms with van der Waals surface area (Å²) >= 11 is 1.72. The summed E-state index contributed by atoms with van der Waals surface area (Å²) in [4.78, 5) is 20.3. The van der Waals surface area contributed by atoms with Crippen molar-refractivity contribution in [1.82, 2.24) is 9.88 Å². The summed E-state index contributed by atoms with van der Waals surface area (Å²) in [5.41, 5.74) is 4.01. The van der Waals surface area contributed by atoms with Gasteiger partial charge in [0.15, 0.2) is 0 Å². The first-order chi connectivity index (χ1) is 15.4. The fourth-order valence-corrected chi connectivity index (χ4v) is 4.55. The summed E-state index contributed by atoms with van der Waals surface area (Å²) < 4.78 is 5.50. The largest absolute Gasteiger partial charge is 0.444 e. The zero-order valence-electron chi connectivity index (χ0n) is 19.6. The van der Waals surface area contributed by atoms with Crippen LogP contribution in [-0.2, 0) is 4.74 Å². The predicted molar refractivity (Wildman–Crippen MR) is 135 cm³/mol. The first-order valence-corrected chi connectivity index (χ1v) is 12.0. The molecule has 0 saturated heterocycles. The molecule has 5 heteroatoms. The van der Waals surface area contributed by atoms with Gasteiger partial charge in [-0.2, -0.15) is 0 Å². The molecule has 0 aliphatic carbocycles. The van der Waals surface area contributed by atoms with Crippen LogP contribution in [0.15, 0.2) is 66.7 Å². The van der Waals surface area contributed by atoms with Gasteiger partial charge < -0.3 is 9.64 Å². The molecule has 168 valence electrons. The van der Waals surface area contributed by atoms with Crippen molar-refractivity contribution >= 4 is 23.0 Å². The zero-order valence-corrected chi connectivity index (χ0v) is 20.4. The summed E-state index contributed by atoms with van der Waals surface area (Å²) in [6.07, 6.45) is 2.62. The fourth-order valence-electron chi connectivity index (χ4n) is 3.39. The Labute approximate surface area is 195 Å². The van der Waals surface area contributed by atoms with Crippen molar-refractivity contribution in [2.45, 2.75) is 46.6 Å². The SMILES string of the molecule is CC.CC(C)(C)OC(=O)N1CC=C(c2nc(-c3ccccc3)c(-c3ccccc3)s2)CC1. The Morgan fingerprint density at radius 3 is 2.09 bits per heavy atom. The lowest BCUT2D eigenvalue weighted by Crippen LogP contribution is -2.39. The van der Waals surface area contributed by atoms with E-state index in [2.05, 4.69) is 42.5 Å². The molecule has 0 fully saturated rings. The molecule has 1 aliphatic heterocycles. The molecule has 2 aromatic carbocycles. The van der Waals surface area contributed by atoms with Gasteiger partial charge in [0.05, 0.1) is 10.6 Å². The van der Waals surface area contributed by atoms with Gasteiger partial charge in [-0.25, -0.2) is 9.78 Å². The molecule has 4 rings (SSSR count). The minimum atomic E-state index is -0.481. The summed E-state index contributed by atoms with van der Waals surface area (Å²) in [6.45, 7) is 10.9.